The molecule has 0 spiro atoms. The average Bonchev–Trinajstić information content (AvgIpc) is 2.67. The minimum Gasteiger partial charge on any atom is -0.481 e. The van der Waals surface area contributed by atoms with Crippen LogP contribution in [0.15, 0.2) is 18.2 Å². The number of carboxylic acids is 1. The molecule has 1 N–H and O–H groups in total. The molecule has 0 saturated carbocycles. The first-order chi connectivity index (χ1) is 8.45. The van der Waals surface area contributed by atoms with E-state index in [0.717, 1.165) is 11.1 Å². The van der Waals surface area contributed by atoms with Crippen LogP contribution in [-0.4, -0.2) is 23.8 Å². The third-order valence-electron chi connectivity index (χ3n) is 4.13. The molecule has 1 aliphatic heterocycles. The summed E-state index contributed by atoms with van der Waals surface area (Å²) >= 11 is 0. The van der Waals surface area contributed by atoms with Crippen LogP contribution in [0.25, 0.3) is 0 Å². The van der Waals surface area contributed by atoms with E-state index in [-0.39, 0.29) is 6.10 Å². The highest BCUT2D eigenvalue weighted by atomic mass is 16.5. The molecule has 98 valence electrons. The van der Waals surface area contributed by atoms with Crippen molar-refractivity contribution in [1.82, 2.24) is 0 Å². The Labute approximate surface area is 108 Å². The average molecular weight is 248 g/mol. The highest BCUT2D eigenvalue weighted by molar-refractivity contribution is 5.76. The van der Waals surface area contributed by atoms with Gasteiger partial charge in [-0.3, -0.25) is 4.79 Å². The van der Waals surface area contributed by atoms with E-state index in [1.165, 1.54) is 5.56 Å². The van der Waals surface area contributed by atoms with E-state index >= 15 is 0 Å². The fourth-order valence-corrected chi connectivity index (χ4v) is 2.70. The summed E-state index contributed by atoms with van der Waals surface area (Å²) in [4.78, 5) is 11.7. The molecule has 1 heterocycles. The number of hydrogen-bond acceptors (Lipinski definition) is 2. The lowest BCUT2D eigenvalue weighted by Crippen LogP contribution is -2.39. The quantitative estimate of drug-likeness (QED) is 0.894. The molecular formula is C15H20O3. The number of aliphatic carboxylic acids is 1. The van der Waals surface area contributed by atoms with E-state index < -0.39 is 11.4 Å². The van der Waals surface area contributed by atoms with Gasteiger partial charge in [0.25, 0.3) is 0 Å². The maximum absolute atomic E-state index is 11.7. The van der Waals surface area contributed by atoms with Gasteiger partial charge in [0, 0.05) is 6.61 Å². The van der Waals surface area contributed by atoms with Crippen LogP contribution < -0.4 is 0 Å². The molecule has 2 atom stereocenters. The van der Waals surface area contributed by atoms with Crippen molar-refractivity contribution in [3.8, 4) is 0 Å². The zero-order chi connectivity index (χ0) is 13.3. The van der Waals surface area contributed by atoms with Crippen molar-refractivity contribution in [1.29, 1.82) is 0 Å². The largest absolute Gasteiger partial charge is 0.481 e. The lowest BCUT2D eigenvalue weighted by molar-refractivity contribution is -0.151. The number of ether oxygens (including phenoxy) is 1. The summed E-state index contributed by atoms with van der Waals surface area (Å²) < 4.78 is 5.49. The van der Waals surface area contributed by atoms with Gasteiger partial charge in [0.05, 0.1) is 11.5 Å². The maximum atomic E-state index is 11.7. The van der Waals surface area contributed by atoms with Crippen molar-refractivity contribution in [3.63, 3.8) is 0 Å². The second-order valence-electron chi connectivity index (χ2n) is 5.33. The van der Waals surface area contributed by atoms with Crippen LogP contribution in [-0.2, 0) is 16.0 Å². The Morgan fingerprint density at radius 2 is 2.22 bits per heavy atom. The van der Waals surface area contributed by atoms with E-state index in [2.05, 4.69) is 18.2 Å². The summed E-state index contributed by atoms with van der Waals surface area (Å²) in [6.07, 6.45) is 0.920. The Balaban J connectivity index is 2.35. The van der Waals surface area contributed by atoms with E-state index in [1.54, 1.807) is 0 Å². The second kappa shape index (κ2) is 4.73. The van der Waals surface area contributed by atoms with Crippen LogP contribution in [0.3, 0.4) is 0 Å². The van der Waals surface area contributed by atoms with Gasteiger partial charge in [-0.05, 0) is 44.7 Å². The normalized spacial score (nSPS) is 27.4. The molecule has 2 unspecified atom stereocenters. The summed E-state index contributed by atoms with van der Waals surface area (Å²) in [6, 6.07) is 6.20. The number of aryl methyl sites for hydroxylation is 2. The van der Waals surface area contributed by atoms with Crippen molar-refractivity contribution in [2.45, 2.75) is 39.7 Å². The number of hydrogen-bond donors (Lipinski definition) is 1. The van der Waals surface area contributed by atoms with Gasteiger partial charge < -0.3 is 9.84 Å². The zero-order valence-corrected chi connectivity index (χ0v) is 11.2. The van der Waals surface area contributed by atoms with E-state index in [4.69, 9.17) is 4.74 Å². The SMILES string of the molecule is Cc1ccc(C)c(CC2(C(=O)O)CCOC2C)c1. The first kappa shape index (κ1) is 13.1. The standard InChI is InChI=1S/C15H20O3/c1-10-4-5-11(2)13(8-10)9-15(14(16)17)6-7-18-12(15)3/h4-5,8,12H,6-7,9H2,1-3H3,(H,16,17). The van der Waals surface area contributed by atoms with Crippen LogP contribution in [0.1, 0.15) is 30.0 Å². The Morgan fingerprint density at radius 3 is 2.78 bits per heavy atom. The number of rotatable bonds is 3. The highest BCUT2D eigenvalue weighted by Crippen LogP contribution is 2.39. The van der Waals surface area contributed by atoms with Gasteiger partial charge in [-0.2, -0.15) is 0 Å². The van der Waals surface area contributed by atoms with Crippen molar-refractivity contribution in [3.05, 3.63) is 34.9 Å². The third-order valence-corrected chi connectivity index (χ3v) is 4.13. The Hall–Kier alpha value is -1.35. The maximum Gasteiger partial charge on any atom is 0.312 e. The van der Waals surface area contributed by atoms with Crippen molar-refractivity contribution < 1.29 is 14.6 Å². The number of carboxylic acid groups (broad SMARTS) is 1. The number of benzene rings is 1. The fourth-order valence-electron chi connectivity index (χ4n) is 2.70. The predicted octanol–water partition coefficient (Wildman–Crippen LogP) is 2.73. The molecule has 0 radical (unpaired) electrons. The lowest BCUT2D eigenvalue weighted by atomic mass is 9.75. The molecule has 2 rings (SSSR count). The topological polar surface area (TPSA) is 46.5 Å². The molecule has 1 aromatic rings. The molecule has 0 aliphatic carbocycles. The van der Waals surface area contributed by atoms with Gasteiger partial charge in [-0.1, -0.05) is 23.8 Å². The summed E-state index contributed by atoms with van der Waals surface area (Å²) in [5.74, 6) is -0.742. The minimum atomic E-state index is -0.765. The molecule has 1 fully saturated rings. The monoisotopic (exact) mass is 248 g/mol. The van der Waals surface area contributed by atoms with Crippen LogP contribution in [0.4, 0.5) is 0 Å². The molecule has 3 nitrogen and oxygen atoms in total. The van der Waals surface area contributed by atoms with Crippen LogP contribution in [0.5, 0.6) is 0 Å². The summed E-state index contributed by atoms with van der Waals surface area (Å²) in [5.41, 5.74) is 2.68. The zero-order valence-electron chi connectivity index (χ0n) is 11.2. The Kier molecular flexibility index (Phi) is 3.44. The van der Waals surface area contributed by atoms with Crippen molar-refractivity contribution in [2.75, 3.05) is 6.61 Å². The second-order valence-corrected chi connectivity index (χ2v) is 5.33. The predicted molar refractivity (Wildman–Crippen MR) is 69.7 cm³/mol. The van der Waals surface area contributed by atoms with E-state index in [9.17, 15) is 9.90 Å². The third kappa shape index (κ3) is 2.15. The van der Waals surface area contributed by atoms with Gasteiger partial charge >= 0.3 is 5.97 Å². The van der Waals surface area contributed by atoms with Crippen molar-refractivity contribution >= 4 is 5.97 Å². The number of carbonyl (C=O) groups is 1. The van der Waals surface area contributed by atoms with Crippen LogP contribution in [0.2, 0.25) is 0 Å². The molecule has 0 bridgehead atoms. The molecule has 18 heavy (non-hydrogen) atoms. The van der Waals surface area contributed by atoms with Gasteiger partial charge in [0.15, 0.2) is 0 Å². The molecule has 1 aromatic carbocycles. The van der Waals surface area contributed by atoms with Gasteiger partial charge in [-0.15, -0.1) is 0 Å². The summed E-state index contributed by atoms with van der Waals surface area (Å²) in [7, 11) is 0. The molecule has 0 aromatic heterocycles. The molecular weight excluding hydrogens is 228 g/mol. The first-order valence-corrected chi connectivity index (χ1v) is 6.37. The van der Waals surface area contributed by atoms with E-state index in [1.807, 2.05) is 20.8 Å². The summed E-state index contributed by atoms with van der Waals surface area (Å²) in [6.45, 7) is 6.47. The summed E-state index contributed by atoms with van der Waals surface area (Å²) in [5, 5.41) is 9.58. The molecule has 1 aliphatic rings. The van der Waals surface area contributed by atoms with Crippen molar-refractivity contribution in [2.24, 2.45) is 5.41 Å². The van der Waals surface area contributed by atoms with Crippen LogP contribution >= 0.6 is 0 Å². The minimum absolute atomic E-state index is 0.227. The van der Waals surface area contributed by atoms with Crippen LogP contribution in [0, 0.1) is 19.3 Å². The highest BCUT2D eigenvalue weighted by Gasteiger charge is 2.48. The Morgan fingerprint density at radius 1 is 1.50 bits per heavy atom. The van der Waals surface area contributed by atoms with E-state index in [0.29, 0.717) is 19.4 Å². The van der Waals surface area contributed by atoms with Gasteiger partial charge in [0.1, 0.15) is 0 Å². The lowest BCUT2D eigenvalue weighted by Gasteiger charge is -2.28. The molecule has 0 amide bonds. The van der Waals surface area contributed by atoms with Gasteiger partial charge in [-0.25, -0.2) is 0 Å². The first-order valence-electron chi connectivity index (χ1n) is 6.37. The Bertz CT molecular complexity index is 467. The van der Waals surface area contributed by atoms with Gasteiger partial charge in [0.2, 0.25) is 0 Å². The smallest absolute Gasteiger partial charge is 0.312 e. The molecule has 1 saturated heterocycles. The molecule has 3 heteroatoms. The fraction of sp³-hybridized carbons (Fsp3) is 0.533.